The maximum atomic E-state index is 4.42. The molecular formula is C13H19N5. The molecule has 1 N–H and O–H groups in total. The molecule has 5 heteroatoms. The molecule has 0 saturated heterocycles. The number of nitrogens with zero attached hydrogens (tertiary/aromatic N) is 4. The highest BCUT2D eigenvalue weighted by atomic mass is 15.2. The Kier molecular flexibility index (Phi) is 4.41. The Bertz CT molecular complexity index is 495. The lowest BCUT2D eigenvalue weighted by atomic mass is 10.3. The number of anilines is 1. The van der Waals surface area contributed by atoms with Crippen LogP contribution in [-0.2, 0) is 0 Å². The van der Waals surface area contributed by atoms with Crippen LogP contribution < -0.4 is 5.32 Å². The molecule has 1 aromatic carbocycles. The van der Waals surface area contributed by atoms with E-state index in [9.17, 15) is 0 Å². The fraction of sp³-hybridized carbons (Fsp3) is 0.462. The average molecular weight is 245 g/mol. The largest absolute Gasteiger partial charge is 0.352 e. The normalized spacial score (nSPS) is 11.1. The van der Waals surface area contributed by atoms with Crippen LogP contribution in [0.2, 0.25) is 0 Å². The number of likely N-dealkylation sites (N-methyl/N-ethyl adjacent to an activating group) is 1. The molecule has 0 bridgehead atoms. The first kappa shape index (κ1) is 12.7. The van der Waals surface area contributed by atoms with Crippen molar-refractivity contribution in [2.24, 2.45) is 0 Å². The predicted molar refractivity (Wildman–Crippen MR) is 73.6 cm³/mol. The molecule has 0 atom stereocenters. The summed E-state index contributed by atoms with van der Waals surface area (Å²) in [6.07, 6.45) is 0. The molecule has 0 amide bonds. The number of para-hydroxylation sites is 1. The van der Waals surface area contributed by atoms with Gasteiger partial charge in [-0.2, -0.15) is 0 Å². The van der Waals surface area contributed by atoms with E-state index in [-0.39, 0.29) is 0 Å². The highest BCUT2D eigenvalue weighted by Crippen LogP contribution is 2.08. The van der Waals surface area contributed by atoms with E-state index in [0.29, 0.717) is 5.95 Å². The molecule has 2 rings (SSSR count). The summed E-state index contributed by atoms with van der Waals surface area (Å²) in [5, 5.41) is 11.4. The van der Waals surface area contributed by atoms with Gasteiger partial charge in [0.1, 0.15) is 5.52 Å². The standard InChI is InChI=1S/C13H19N5/c1-3-18(4-2)10-9-14-13-15-11-7-5-6-8-12(11)16-17-13/h5-8H,3-4,9-10H2,1-2H3,(H,14,15,17). The second-order valence-corrected chi connectivity index (χ2v) is 4.08. The van der Waals surface area contributed by atoms with Crippen LogP contribution in [-0.4, -0.2) is 46.3 Å². The van der Waals surface area contributed by atoms with Gasteiger partial charge < -0.3 is 10.2 Å². The Balaban J connectivity index is 1.95. The third kappa shape index (κ3) is 3.13. The van der Waals surface area contributed by atoms with Crippen LogP contribution >= 0.6 is 0 Å². The molecular weight excluding hydrogens is 226 g/mol. The summed E-state index contributed by atoms with van der Waals surface area (Å²) in [7, 11) is 0. The van der Waals surface area contributed by atoms with E-state index in [2.05, 4.69) is 39.2 Å². The molecule has 0 aliphatic heterocycles. The van der Waals surface area contributed by atoms with Gasteiger partial charge >= 0.3 is 0 Å². The molecule has 96 valence electrons. The van der Waals surface area contributed by atoms with E-state index >= 15 is 0 Å². The summed E-state index contributed by atoms with van der Waals surface area (Å²) in [5.74, 6) is 0.598. The van der Waals surface area contributed by atoms with Crippen molar-refractivity contribution >= 4 is 17.0 Å². The summed E-state index contributed by atoms with van der Waals surface area (Å²) in [4.78, 5) is 6.77. The predicted octanol–water partition coefficient (Wildman–Crippen LogP) is 1.78. The van der Waals surface area contributed by atoms with E-state index in [1.54, 1.807) is 0 Å². The SMILES string of the molecule is CCN(CC)CCNc1nnc2ccccc2n1. The van der Waals surface area contributed by atoms with E-state index in [1.807, 2.05) is 24.3 Å². The minimum absolute atomic E-state index is 0.598. The van der Waals surface area contributed by atoms with Crippen molar-refractivity contribution in [3.05, 3.63) is 24.3 Å². The second kappa shape index (κ2) is 6.26. The molecule has 1 heterocycles. The molecule has 5 nitrogen and oxygen atoms in total. The summed E-state index contributed by atoms with van der Waals surface area (Å²) in [6.45, 7) is 8.28. The van der Waals surface area contributed by atoms with E-state index in [4.69, 9.17) is 0 Å². The molecule has 0 aliphatic carbocycles. The van der Waals surface area contributed by atoms with Crippen molar-refractivity contribution in [2.75, 3.05) is 31.5 Å². The minimum Gasteiger partial charge on any atom is -0.352 e. The van der Waals surface area contributed by atoms with Gasteiger partial charge in [-0.25, -0.2) is 4.98 Å². The topological polar surface area (TPSA) is 53.9 Å². The maximum absolute atomic E-state index is 4.42. The lowest BCUT2D eigenvalue weighted by Gasteiger charge is -2.17. The molecule has 0 aliphatic rings. The van der Waals surface area contributed by atoms with Crippen LogP contribution in [0.1, 0.15) is 13.8 Å². The van der Waals surface area contributed by atoms with E-state index in [1.165, 1.54) is 0 Å². The fourth-order valence-electron chi connectivity index (χ4n) is 1.82. The molecule has 0 spiro atoms. The van der Waals surface area contributed by atoms with Crippen molar-refractivity contribution in [3.63, 3.8) is 0 Å². The van der Waals surface area contributed by atoms with Gasteiger partial charge in [-0.05, 0) is 25.2 Å². The number of fused-ring (bicyclic) bond motifs is 1. The molecule has 0 fully saturated rings. The minimum atomic E-state index is 0.598. The number of aromatic nitrogens is 3. The molecule has 0 radical (unpaired) electrons. The Labute approximate surface area is 107 Å². The van der Waals surface area contributed by atoms with Gasteiger partial charge in [-0.1, -0.05) is 26.0 Å². The Morgan fingerprint density at radius 2 is 1.78 bits per heavy atom. The van der Waals surface area contributed by atoms with Gasteiger partial charge in [0.05, 0.1) is 5.52 Å². The number of hydrogen-bond donors (Lipinski definition) is 1. The Morgan fingerprint density at radius 3 is 2.50 bits per heavy atom. The zero-order valence-electron chi connectivity index (χ0n) is 10.9. The van der Waals surface area contributed by atoms with Crippen molar-refractivity contribution < 1.29 is 0 Å². The third-order valence-electron chi connectivity index (χ3n) is 2.97. The molecule has 2 aromatic rings. The highest BCUT2D eigenvalue weighted by molar-refractivity contribution is 5.73. The summed E-state index contributed by atoms with van der Waals surface area (Å²) < 4.78 is 0. The number of rotatable bonds is 6. The highest BCUT2D eigenvalue weighted by Gasteiger charge is 2.02. The molecule has 18 heavy (non-hydrogen) atoms. The third-order valence-corrected chi connectivity index (χ3v) is 2.97. The zero-order chi connectivity index (χ0) is 12.8. The smallest absolute Gasteiger partial charge is 0.243 e. The first-order chi connectivity index (χ1) is 8.83. The average Bonchev–Trinajstić information content (AvgIpc) is 2.43. The van der Waals surface area contributed by atoms with Crippen LogP contribution in [0.25, 0.3) is 11.0 Å². The lowest BCUT2D eigenvalue weighted by molar-refractivity contribution is 0.316. The van der Waals surface area contributed by atoms with Crippen LogP contribution in [0.4, 0.5) is 5.95 Å². The zero-order valence-corrected chi connectivity index (χ0v) is 10.9. The van der Waals surface area contributed by atoms with Gasteiger partial charge in [0.25, 0.3) is 0 Å². The lowest BCUT2D eigenvalue weighted by Crippen LogP contribution is -2.29. The summed E-state index contributed by atoms with van der Waals surface area (Å²) >= 11 is 0. The van der Waals surface area contributed by atoms with Crippen molar-refractivity contribution in [3.8, 4) is 0 Å². The van der Waals surface area contributed by atoms with Crippen LogP contribution in [0.15, 0.2) is 24.3 Å². The fourth-order valence-corrected chi connectivity index (χ4v) is 1.82. The van der Waals surface area contributed by atoms with Crippen LogP contribution in [0, 0.1) is 0 Å². The first-order valence-corrected chi connectivity index (χ1v) is 6.39. The quantitative estimate of drug-likeness (QED) is 0.840. The number of nitrogens with one attached hydrogen (secondary N) is 1. The van der Waals surface area contributed by atoms with Gasteiger partial charge in [0.2, 0.25) is 5.95 Å². The van der Waals surface area contributed by atoms with Crippen molar-refractivity contribution in [1.82, 2.24) is 20.1 Å². The number of hydrogen-bond acceptors (Lipinski definition) is 5. The first-order valence-electron chi connectivity index (χ1n) is 6.39. The molecule has 1 aromatic heterocycles. The van der Waals surface area contributed by atoms with Gasteiger partial charge in [-0.3, -0.25) is 0 Å². The molecule has 0 unspecified atom stereocenters. The van der Waals surface area contributed by atoms with Crippen LogP contribution in [0.3, 0.4) is 0 Å². The van der Waals surface area contributed by atoms with Gasteiger partial charge in [-0.15, -0.1) is 10.2 Å². The van der Waals surface area contributed by atoms with Gasteiger partial charge in [0.15, 0.2) is 0 Å². The van der Waals surface area contributed by atoms with Gasteiger partial charge in [0, 0.05) is 13.1 Å². The van der Waals surface area contributed by atoms with Crippen molar-refractivity contribution in [1.29, 1.82) is 0 Å². The number of benzene rings is 1. The van der Waals surface area contributed by atoms with Crippen molar-refractivity contribution in [2.45, 2.75) is 13.8 Å². The summed E-state index contributed by atoms with van der Waals surface area (Å²) in [5.41, 5.74) is 1.70. The summed E-state index contributed by atoms with van der Waals surface area (Å²) in [6, 6.07) is 7.75. The van der Waals surface area contributed by atoms with E-state index < -0.39 is 0 Å². The second-order valence-electron chi connectivity index (χ2n) is 4.08. The maximum Gasteiger partial charge on any atom is 0.243 e. The monoisotopic (exact) mass is 245 g/mol. The van der Waals surface area contributed by atoms with E-state index in [0.717, 1.165) is 37.2 Å². The Hall–Kier alpha value is -1.75. The Morgan fingerprint density at radius 1 is 1.06 bits per heavy atom. The van der Waals surface area contributed by atoms with Crippen LogP contribution in [0.5, 0.6) is 0 Å². The molecule has 0 saturated carbocycles.